The number of aromatic nitrogens is 3. The van der Waals surface area contributed by atoms with Crippen LogP contribution in [0.1, 0.15) is 19.2 Å². The fourth-order valence-electron chi connectivity index (χ4n) is 1.29. The SMILES string of the molecule is CCCc1nnc([S-])n1CC[NH+](C)C. The van der Waals surface area contributed by atoms with Crippen molar-refractivity contribution in [3.8, 4) is 0 Å². The predicted octanol–water partition coefficient (Wildman–Crippen LogP) is -0.719. The molecule has 0 saturated heterocycles. The first-order chi connectivity index (χ1) is 6.65. The zero-order valence-electron chi connectivity index (χ0n) is 9.08. The van der Waals surface area contributed by atoms with Crippen LogP contribution in [0.3, 0.4) is 0 Å². The number of quaternary nitrogens is 1. The molecule has 1 rings (SSSR count). The van der Waals surface area contributed by atoms with Crippen molar-refractivity contribution in [3.63, 3.8) is 0 Å². The quantitative estimate of drug-likeness (QED) is 0.657. The van der Waals surface area contributed by atoms with Gasteiger partial charge in [0.05, 0.1) is 27.2 Å². The van der Waals surface area contributed by atoms with Gasteiger partial charge in [0.15, 0.2) is 0 Å². The fraction of sp³-hybridized carbons (Fsp3) is 0.778. The molecule has 0 spiro atoms. The molecule has 0 aliphatic rings. The van der Waals surface area contributed by atoms with Crippen molar-refractivity contribution in [2.24, 2.45) is 0 Å². The molecule has 80 valence electrons. The minimum absolute atomic E-state index is 0.620. The van der Waals surface area contributed by atoms with Crippen LogP contribution in [0, 0.1) is 0 Å². The summed E-state index contributed by atoms with van der Waals surface area (Å²) in [7, 11) is 4.26. The first kappa shape index (κ1) is 11.4. The second-order valence-corrected chi connectivity index (χ2v) is 4.12. The van der Waals surface area contributed by atoms with Crippen LogP contribution in [0.4, 0.5) is 0 Å². The first-order valence-electron chi connectivity index (χ1n) is 5.03. The average molecular weight is 214 g/mol. The van der Waals surface area contributed by atoms with Gasteiger partial charge in [0.1, 0.15) is 5.82 Å². The molecular formula is C9H18N4S. The summed E-state index contributed by atoms with van der Waals surface area (Å²) in [5.41, 5.74) is 0. The Morgan fingerprint density at radius 3 is 2.64 bits per heavy atom. The van der Waals surface area contributed by atoms with Gasteiger partial charge in [-0.25, -0.2) is 0 Å². The predicted molar refractivity (Wildman–Crippen MR) is 57.3 cm³/mol. The number of nitrogens with zero attached hydrogens (tertiary/aromatic N) is 3. The third-order valence-corrected chi connectivity index (χ3v) is 2.40. The monoisotopic (exact) mass is 214 g/mol. The molecule has 14 heavy (non-hydrogen) atoms. The van der Waals surface area contributed by atoms with E-state index in [0.717, 1.165) is 31.8 Å². The van der Waals surface area contributed by atoms with E-state index in [0.29, 0.717) is 5.16 Å². The molecule has 1 heterocycles. The fourth-order valence-corrected chi connectivity index (χ4v) is 1.53. The van der Waals surface area contributed by atoms with E-state index in [1.807, 2.05) is 4.57 Å². The molecular weight excluding hydrogens is 196 g/mol. The molecule has 0 radical (unpaired) electrons. The Morgan fingerprint density at radius 2 is 2.07 bits per heavy atom. The van der Waals surface area contributed by atoms with Gasteiger partial charge in [0, 0.05) is 11.6 Å². The lowest BCUT2D eigenvalue weighted by Gasteiger charge is -2.14. The van der Waals surface area contributed by atoms with Crippen LogP contribution < -0.4 is 4.90 Å². The van der Waals surface area contributed by atoms with E-state index in [4.69, 9.17) is 12.6 Å². The van der Waals surface area contributed by atoms with Crippen LogP contribution in [0.15, 0.2) is 5.16 Å². The van der Waals surface area contributed by atoms with E-state index in [1.54, 1.807) is 0 Å². The molecule has 4 nitrogen and oxygen atoms in total. The lowest BCUT2D eigenvalue weighted by Crippen LogP contribution is -3.06. The minimum Gasteiger partial charge on any atom is -0.740 e. The highest BCUT2D eigenvalue weighted by molar-refractivity contribution is 7.58. The van der Waals surface area contributed by atoms with Gasteiger partial charge in [-0.1, -0.05) is 6.92 Å². The molecule has 0 amide bonds. The highest BCUT2D eigenvalue weighted by Crippen LogP contribution is 2.03. The maximum atomic E-state index is 5.12. The third-order valence-electron chi connectivity index (χ3n) is 2.10. The second-order valence-electron chi connectivity index (χ2n) is 3.76. The zero-order chi connectivity index (χ0) is 10.6. The Labute approximate surface area is 90.7 Å². The highest BCUT2D eigenvalue weighted by Gasteiger charge is 2.05. The number of hydrogen-bond donors (Lipinski definition) is 1. The van der Waals surface area contributed by atoms with Gasteiger partial charge < -0.3 is 22.1 Å². The summed E-state index contributed by atoms with van der Waals surface area (Å²) in [6, 6.07) is 0. The van der Waals surface area contributed by atoms with Gasteiger partial charge in [-0.3, -0.25) is 0 Å². The second kappa shape index (κ2) is 5.26. The number of rotatable bonds is 5. The Bertz CT molecular complexity index is 282. The Kier molecular flexibility index (Phi) is 4.28. The summed E-state index contributed by atoms with van der Waals surface area (Å²) in [6.45, 7) is 4.11. The Balaban J connectivity index is 2.67. The van der Waals surface area contributed by atoms with Gasteiger partial charge in [0.25, 0.3) is 0 Å². The Hall–Kier alpha value is -0.680. The van der Waals surface area contributed by atoms with Gasteiger partial charge in [0.2, 0.25) is 0 Å². The van der Waals surface area contributed by atoms with E-state index >= 15 is 0 Å². The molecule has 0 saturated carbocycles. The van der Waals surface area contributed by atoms with Crippen LogP contribution >= 0.6 is 0 Å². The molecule has 0 aliphatic heterocycles. The molecule has 0 unspecified atom stereocenters. The number of nitrogens with one attached hydrogen (secondary N) is 1. The lowest BCUT2D eigenvalue weighted by molar-refractivity contribution is -0.859. The van der Waals surface area contributed by atoms with Gasteiger partial charge in [-0.15, -0.1) is 5.10 Å². The number of aryl methyl sites for hydroxylation is 1. The average Bonchev–Trinajstić information content (AvgIpc) is 2.45. The lowest BCUT2D eigenvalue weighted by atomic mass is 10.3. The summed E-state index contributed by atoms with van der Waals surface area (Å²) >= 11 is 5.12. The minimum atomic E-state index is 0.620. The maximum Gasteiger partial charge on any atom is 0.131 e. The van der Waals surface area contributed by atoms with Crippen LogP contribution in [0.25, 0.3) is 0 Å². The van der Waals surface area contributed by atoms with Crippen molar-refractivity contribution < 1.29 is 4.90 Å². The first-order valence-corrected chi connectivity index (χ1v) is 5.44. The largest absolute Gasteiger partial charge is 0.740 e. The van der Waals surface area contributed by atoms with E-state index in [9.17, 15) is 0 Å². The van der Waals surface area contributed by atoms with Crippen LogP contribution in [-0.2, 0) is 25.6 Å². The standard InChI is InChI=1S/C9H18N4S/c1-4-5-8-10-11-9(14)13(8)7-6-12(2)3/h4-7H2,1-3H3,(H,11,14). The van der Waals surface area contributed by atoms with Gasteiger partial charge in [-0.05, 0) is 6.42 Å². The summed E-state index contributed by atoms with van der Waals surface area (Å²) in [4.78, 5) is 1.41. The van der Waals surface area contributed by atoms with Crippen molar-refractivity contribution in [1.29, 1.82) is 0 Å². The normalized spacial score (nSPS) is 11.1. The summed E-state index contributed by atoms with van der Waals surface area (Å²) in [5, 5.41) is 8.63. The van der Waals surface area contributed by atoms with Crippen molar-refractivity contribution in [2.75, 3.05) is 20.6 Å². The van der Waals surface area contributed by atoms with Crippen molar-refractivity contribution in [3.05, 3.63) is 5.82 Å². The summed E-state index contributed by atoms with van der Waals surface area (Å²) in [5.74, 6) is 1.03. The Morgan fingerprint density at radius 1 is 1.36 bits per heavy atom. The maximum absolute atomic E-state index is 5.12. The number of likely N-dealkylation sites (N-methyl/N-ethyl adjacent to an activating group) is 1. The highest BCUT2D eigenvalue weighted by atomic mass is 32.1. The summed E-state index contributed by atoms with van der Waals surface area (Å²) < 4.78 is 2.05. The van der Waals surface area contributed by atoms with E-state index in [-0.39, 0.29) is 0 Å². The van der Waals surface area contributed by atoms with E-state index in [1.165, 1.54) is 4.90 Å². The molecule has 0 atom stereocenters. The summed E-state index contributed by atoms with van der Waals surface area (Å²) in [6.07, 6.45) is 2.05. The van der Waals surface area contributed by atoms with E-state index in [2.05, 4.69) is 31.2 Å². The molecule has 0 aliphatic carbocycles. The molecule has 0 fully saturated rings. The molecule has 1 aromatic rings. The van der Waals surface area contributed by atoms with Crippen LogP contribution in [0.2, 0.25) is 0 Å². The van der Waals surface area contributed by atoms with Crippen LogP contribution in [0.5, 0.6) is 0 Å². The number of hydrogen-bond acceptors (Lipinski definition) is 3. The van der Waals surface area contributed by atoms with E-state index < -0.39 is 0 Å². The third kappa shape index (κ3) is 2.92. The molecule has 1 N–H and O–H groups in total. The topological polar surface area (TPSA) is 35.1 Å². The molecule has 1 aromatic heterocycles. The van der Waals surface area contributed by atoms with Crippen molar-refractivity contribution >= 4 is 12.6 Å². The van der Waals surface area contributed by atoms with Crippen molar-refractivity contribution in [2.45, 2.75) is 31.5 Å². The van der Waals surface area contributed by atoms with Crippen molar-refractivity contribution in [1.82, 2.24) is 14.8 Å². The molecule has 5 heteroatoms. The van der Waals surface area contributed by atoms with Gasteiger partial charge >= 0.3 is 0 Å². The molecule has 0 bridgehead atoms. The smallest absolute Gasteiger partial charge is 0.131 e. The van der Waals surface area contributed by atoms with Crippen LogP contribution in [-0.4, -0.2) is 35.4 Å². The zero-order valence-corrected chi connectivity index (χ0v) is 9.89. The molecule has 0 aromatic carbocycles. The van der Waals surface area contributed by atoms with Gasteiger partial charge in [-0.2, -0.15) is 5.10 Å².